The maximum atomic E-state index is 10.4. The molecule has 1 aromatic heterocycles. The van der Waals surface area contributed by atoms with Crippen LogP contribution in [0.25, 0.3) is 10.1 Å². The van der Waals surface area contributed by atoms with Crippen molar-refractivity contribution in [3.8, 4) is 0 Å². The molecule has 17 heavy (non-hydrogen) atoms. The first-order chi connectivity index (χ1) is 8.13. The Kier molecular flexibility index (Phi) is 3.82. The third kappa shape index (κ3) is 2.86. The molecule has 1 aromatic carbocycles. The Labute approximate surface area is 106 Å². The Morgan fingerprint density at radius 2 is 2.12 bits per heavy atom. The lowest BCUT2D eigenvalue weighted by Gasteiger charge is -2.21. The fourth-order valence-corrected chi connectivity index (χ4v) is 2.83. The van der Waals surface area contributed by atoms with E-state index >= 15 is 0 Å². The second-order valence-corrected chi connectivity index (χ2v) is 5.56. The quantitative estimate of drug-likeness (QED) is 0.822. The van der Waals surface area contributed by atoms with Crippen molar-refractivity contribution in [3.63, 3.8) is 0 Å². The van der Waals surface area contributed by atoms with Crippen molar-refractivity contribution in [3.05, 3.63) is 35.2 Å². The Balaban J connectivity index is 2.19. The number of benzene rings is 1. The molecule has 0 aliphatic heterocycles. The zero-order valence-corrected chi connectivity index (χ0v) is 11.1. The standard InChI is InChI=1S/C14H18O2S/c1-3-8-16-10-14(2,15)13-9-11-6-4-5-7-12(11)17-13/h4-7,9,15H,3,8,10H2,1-2H3. The maximum Gasteiger partial charge on any atom is 0.119 e. The van der Waals surface area contributed by atoms with Gasteiger partial charge in [-0.1, -0.05) is 25.1 Å². The molecular formula is C14H18O2S. The molecule has 3 heteroatoms. The summed E-state index contributed by atoms with van der Waals surface area (Å²) in [4.78, 5) is 0.967. The predicted octanol–water partition coefficient (Wildman–Crippen LogP) is 3.54. The second-order valence-electron chi connectivity index (χ2n) is 4.47. The lowest BCUT2D eigenvalue weighted by atomic mass is 10.1. The summed E-state index contributed by atoms with van der Waals surface area (Å²) in [7, 11) is 0. The van der Waals surface area contributed by atoms with E-state index in [0.29, 0.717) is 13.2 Å². The van der Waals surface area contributed by atoms with Gasteiger partial charge in [0.25, 0.3) is 0 Å². The van der Waals surface area contributed by atoms with Crippen molar-refractivity contribution in [1.29, 1.82) is 0 Å². The van der Waals surface area contributed by atoms with Gasteiger partial charge in [-0.15, -0.1) is 11.3 Å². The summed E-state index contributed by atoms with van der Waals surface area (Å²) in [6, 6.07) is 10.2. The Hall–Kier alpha value is -0.900. The molecule has 1 heterocycles. The highest BCUT2D eigenvalue weighted by molar-refractivity contribution is 7.19. The molecule has 0 radical (unpaired) electrons. The molecule has 2 nitrogen and oxygen atoms in total. The molecule has 92 valence electrons. The molecule has 0 aliphatic carbocycles. The molecule has 0 aliphatic rings. The molecule has 0 bridgehead atoms. The van der Waals surface area contributed by atoms with Gasteiger partial charge < -0.3 is 9.84 Å². The van der Waals surface area contributed by atoms with E-state index in [1.807, 2.05) is 19.1 Å². The summed E-state index contributed by atoms with van der Waals surface area (Å²) >= 11 is 1.63. The molecule has 1 unspecified atom stereocenters. The molecule has 2 rings (SSSR count). The van der Waals surface area contributed by atoms with Gasteiger partial charge >= 0.3 is 0 Å². The third-order valence-corrected chi connectivity index (χ3v) is 4.06. The van der Waals surface area contributed by atoms with E-state index in [1.54, 1.807) is 11.3 Å². The van der Waals surface area contributed by atoms with Gasteiger partial charge in [0.1, 0.15) is 5.60 Å². The first kappa shape index (κ1) is 12.6. The van der Waals surface area contributed by atoms with Gasteiger partial charge in [0, 0.05) is 16.2 Å². The SMILES string of the molecule is CCCOCC(C)(O)c1cc2ccccc2s1. The zero-order valence-electron chi connectivity index (χ0n) is 10.3. The van der Waals surface area contributed by atoms with Crippen molar-refractivity contribution in [1.82, 2.24) is 0 Å². The van der Waals surface area contributed by atoms with Crippen LogP contribution in [0.2, 0.25) is 0 Å². The third-order valence-electron chi connectivity index (χ3n) is 2.69. The number of fused-ring (bicyclic) bond motifs is 1. The first-order valence-electron chi connectivity index (χ1n) is 5.92. The van der Waals surface area contributed by atoms with Crippen molar-refractivity contribution < 1.29 is 9.84 Å². The van der Waals surface area contributed by atoms with E-state index in [9.17, 15) is 5.11 Å². The summed E-state index contributed by atoms with van der Waals surface area (Å²) in [5.74, 6) is 0. The van der Waals surface area contributed by atoms with Gasteiger partial charge in [-0.25, -0.2) is 0 Å². The summed E-state index contributed by atoms with van der Waals surface area (Å²) in [6.45, 7) is 4.93. The molecule has 0 spiro atoms. The average Bonchev–Trinajstić information content (AvgIpc) is 2.73. The van der Waals surface area contributed by atoms with Gasteiger partial charge in [0.05, 0.1) is 6.61 Å². The Bertz CT molecular complexity index is 455. The first-order valence-corrected chi connectivity index (χ1v) is 6.74. The summed E-state index contributed by atoms with van der Waals surface area (Å²) in [5.41, 5.74) is -0.890. The highest BCUT2D eigenvalue weighted by Crippen LogP contribution is 2.33. The van der Waals surface area contributed by atoms with Crippen molar-refractivity contribution >= 4 is 21.4 Å². The number of rotatable bonds is 5. The highest BCUT2D eigenvalue weighted by atomic mass is 32.1. The molecule has 2 aromatic rings. The van der Waals surface area contributed by atoms with Crippen LogP contribution in [0, 0.1) is 0 Å². The maximum absolute atomic E-state index is 10.4. The monoisotopic (exact) mass is 250 g/mol. The fraction of sp³-hybridized carbons (Fsp3) is 0.429. The lowest BCUT2D eigenvalue weighted by molar-refractivity contribution is -0.0350. The average molecular weight is 250 g/mol. The second kappa shape index (κ2) is 5.17. The van der Waals surface area contributed by atoms with Gasteiger partial charge in [-0.2, -0.15) is 0 Å². The van der Waals surface area contributed by atoms with Gasteiger partial charge in [-0.3, -0.25) is 0 Å². The van der Waals surface area contributed by atoms with E-state index in [0.717, 1.165) is 11.3 Å². The van der Waals surface area contributed by atoms with Crippen LogP contribution in [0.5, 0.6) is 0 Å². The normalized spacial score (nSPS) is 15.0. The summed E-state index contributed by atoms with van der Waals surface area (Å²) in [6.07, 6.45) is 0.975. The largest absolute Gasteiger partial charge is 0.382 e. The smallest absolute Gasteiger partial charge is 0.119 e. The van der Waals surface area contributed by atoms with E-state index in [2.05, 4.69) is 25.1 Å². The minimum absolute atomic E-state index is 0.355. The molecule has 0 fully saturated rings. The highest BCUT2D eigenvalue weighted by Gasteiger charge is 2.25. The number of ether oxygens (including phenoxy) is 1. The molecule has 0 amide bonds. The van der Waals surface area contributed by atoms with E-state index < -0.39 is 5.60 Å². The van der Waals surface area contributed by atoms with Crippen LogP contribution in [-0.2, 0) is 10.3 Å². The van der Waals surface area contributed by atoms with Gasteiger partial charge in [0.2, 0.25) is 0 Å². The molecular weight excluding hydrogens is 232 g/mol. The minimum atomic E-state index is -0.890. The van der Waals surface area contributed by atoms with Crippen molar-refractivity contribution in [2.45, 2.75) is 25.9 Å². The molecule has 1 N–H and O–H groups in total. The van der Waals surface area contributed by atoms with Gasteiger partial charge in [0.15, 0.2) is 0 Å². The zero-order chi connectivity index (χ0) is 12.3. The van der Waals surface area contributed by atoms with E-state index in [-0.39, 0.29) is 0 Å². The predicted molar refractivity (Wildman–Crippen MR) is 72.5 cm³/mol. The van der Waals surface area contributed by atoms with Crippen molar-refractivity contribution in [2.75, 3.05) is 13.2 Å². The van der Waals surface area contributed by atoms with Crippen LogP contribution in [0.1, 0.15) is 25.1 Å². The Morgan fingerprint density at radius 1 is 1.35 bits per heavy atom. The molecule has 1 atom stereocenters. The van der Waals surface area contributed by atoms with E-state index in [4.69, 9.17) is 4.74 Å². The van der Waals surface area contributed by atoms with Crippen LogP contribution < -0.4 is 0 Å². The fourth-order valence-electron chi connectivity index (χ4n) is 1.73. The van der Waals surface area contributed by atoms with Crippen LogP contribution in [-0.4, -0.2) is 18.3 Å². The van der Waals surface area contributed by atoms with Crippen LogP contribution in [0.4, 0.5) is 0 Å². The molecule has 0 saturated heterocycles. The number of thiophene rings is 1. The van der Waals surface area contributed by atoms with Crippen molar-refractivity contribution in [2.24, 2.45) is 0 Å². The topological polar surface area (TPSA) is 29.5 Å². The summed E-state index contributed by atoms with van der Waals surface area (Å²) in [5, 5.41) is 11.6. The lowest BCUT2D eigenvalue weighted by Crippen LogP contribution is -2.26. The van der Waals surface area contributed by atoms with Crippen LogP contribution >= 0.6 is 11.3 Å². The minimum Gasteiger partial charge on any atom is -0.382 e. The number of aliphatic hydroxyl groups is 1. The van der Waals surface area contributed by atoms with Gasteiger partial charge in [-0.05, 0) is 30.9 Å². The Morgan fingerprint density at radius 3 is 2.82 bits per heavy atom. The number of hydrogen-bond acceptors (Lipinski definition) is 3. The number of hydrogen-bond donors (Lipinski definition) is 1. The summed E-state index contributed by atoms with van der Waals surface area (Å²) < 4.78 is 6.66. The van der Waals surface area contributed by atoms with Crippen LogP contribution in [0.3, 0.4) is 0 Å². The molecule has 0 saturated carbocycles. The van der Waals surface area contributed by atoms with E-state index in [1.165, 1.54) is 10.1 Å². The van der Waals surface area contributed by atoms with Crippen LogP contribution in [0.15, 0.2) is 30.3 Å².